The second-order valence-corrected chi connectivity index (χ2v) is 4.01. The van der Waals surface area contributed by atoms with E-state index in [1.807, 2.05) is 30.3 Å². The number of carbonyl (C=O) groups is 1. The molecule has 1 atom stereocenters. The highest BCUT2D eigenvalue weighted by Crippen LogP contribution is 2.08. The number of carbonyl (C=O) groups excluding carboxylic acids is 1. The molecule has 1 fully saturated rings. The fourth-order valence-electron chi connectivity index (χ4n) is 1.73. The Morgan fingerprint density at radius 1 is 1.50 bits per heavy atom. The number of benzene rings is 1. The van der Waals surface area contributed by atoms with E-state index in [0.717, 1.165) is 5.56 Å². The van der Waals surface area contributed by atoms with E-state index in [1.54, 1.807) is 4.90 Å². The van der Waals surface area contributed by atoms with Gasteiger partial charge in [-0.1, -0.05) is 36.3 Å². The van der Waals surface area contributed by atoms with Crippen molar-refractivity contribution >= 4 is 6.09 Å². The zero-order valence-corrected chi connectivity index (χ0v) is 10.0. The minimum atomic E-state index is -0.345. The van der Waals surface area contributed by atoms with Crippen LogP contribution in [-0.2, 0) is 16.1 Å². The second kappa shape index (κ2) is 6.08. The Labute approximate surface area is 106 Å². The number of morpholine rings is 1. The van der Waals surface area contributed by atoms with Gasteiger partial charge >= 0.3 is 6.09 Å². The molecule has 1 aliphatic rings. The van der Waals surface area contributed by atoms with Gasteiger partial charge in [0.05, 0.1) is 13.2 Å². The summed E-state index contributed by atoms with van der Waals surface area (Å²) in [5.74, 6) is 2.49. The molecule has 1 aliphatic heterocycles. The molecule has 1 aromatic rings. The standard InChI is InChI=1S/C14H15NO3/c1-2-13-10-15(8-9-17-13)14(16)18-11-12-6-4-3-5-7-12/h1,3-7,13H,8-11H2. The smallest absolute Gasteiger partial charge is 0.410 e. The van der Waals surface area contributed by atoms with Crippen LogP contribution in [0, 0.1) is 12.3 Å². The molecule has 1 unspecified atom stereocenters. The van der Waals surface area contributed by atoms with E-state index in [9.17, 15) is 4.79 Å². The molecule has 0 radical (unpaired) electrons. The molecule has 0 N–H and O–H groups in total. The average Bonchev–Trinajstić information content (AvgIpc) is 2.46. The summed E-state index contributed by atoms with van der Waals surface area (Å²) >= 11 is 0. The van der Waals surface area contributed by atoms with Gasteiger partial charge in [-0.15, -0.1) is 6.42 Å². The lowest BCUT2D eigenvalue weighted by molar-refractivity contribution is -0.00263. The minimum Gasteiger partial charge on any atom is -0.445 e. The number of rotatable bonds is 2. The van der Waals surface area contributed by atoms with Crippen LogP contribution in [0.3, 0.4) is 0 Å². The summed E-state index contributed by atoms with van der Waals surface area (Å²) in [6.07, 6.45) is 4.60. The van der Waals surface area contributed by atoms with Gasteiger partial charge in [-0.2, -0.15) is 0 Å². The maximum Gasteiger partial charge on any atom is 0.410 e. The molecule has 1 heterocycles. The first-order valence-electron chi connectivity index (χ1n) is 5.83. The molecule has 4 heteroatoms. The summed E-state index contributed by atoms with van der Waals surface area (Å²) in [6.45, 7) is 1.64. The first kappa shape index (κ1) is 12.5. The molecule has 1 amide bonds. The van der Waals surface area contributed by atoms with Crippen LogP contribution in [0.25, 0.3) is 0 Å². The van der Waals surface area contributed by atoms with Crippen molar-refractivity contribution < 1.29 is 14.3 Å². The van der Waals surface area contributed by atoms with Crippen LogP contribution in [-0.4, -0.2) is 36.8 Å². The fraction of sp³-hybridized carbons (Fsp3) is 0.357. The van der Waals surface area contributed by atoms with Crippen molar-refractivity contribution in [3.8, 4) is 12.3 Å². The summed E-state index contributed by atoms with van der Waals surface area (Å²) in [4.78, 5) is 13.4. The predicted octanol–water partition coefficient (Wildman–Crippen LogP) is 1.66. The van der Waals surface area contributed by atoms with Crippen LogP contribution in [0.2, 0.25) is 0 Å². The van der Waals surface area contributed by atoms with Crippen LogP contribution in [0.1, 0.15) is 5.56 Å². The van der Waals surface area contributed by atoms with E-state index < -0.39 is 0 Å². The fourth-order valence-corrected chi connectivity index (χ4v) is 1.73. The Balaban J connectivity index is 1.83. The monoisotopic (exact) mass is 245 g/mol. The summed E-state index contributed by atoms with van der Waals surface area (Å²) in [6, 6.07) is 9.57. The van der Waals surface area contributed by atoms with E-state index in [-0.39, 0.29) is 18.8 Å². The Morgan fingerprint density at radius 3 is 3.00 bits per heavy atom. The normalized spacial score (nSPS) is 19.1. The summed E-state index contributed by atoms with van der Waals surface area (Å²) < 4.78 is 10.5. The predicted molar refractivity (Wildman–Crippen MR) is 66.8 cm³/mol. The third kappa shape index (κ3) is 3.25. The number of terminal acetylenes is 1. The SMILES string of the molecule is C#CC1CN(C(=O)OCc2ccccc2)CCO1. The Bertz CT molecular complexity index is 438. The number of hydrogen-bond acceptors (Lipinski definition) is 3. The number of nitrogens with zero attached hydrogens (tertiary/aromatic N) is 1. The number of amides is 1. The third-order valence-electron chi connectivity index (χ3n) is 2.72. The lowest BCUT2D eigenvalue weighted by Crippen LogP contribution is -2.45. The molecule has 2 rings (SSSR count). The second-order valence-electron chi connectivity index (χ2n) is 4.01. The number of hydrogen-bond donors (Lipinski definition) is 0. The van der Waals surface area contributed by atoms with Crippen molar-refractivity contribution in [1.29, 1.82) is 0 Å². The van der Waals surface area contributed by atoms with E-state index in [0.29, 0.717) is 19.7 Å². The molecule has 4 nitrogen and oxygen atoms in total. The largest absolute Gasteiger partial charge is 0.445 e. The lowest BCUT2D eigenvalue weighted by Gasteiger charge is -2.29. The summed E-state index contributed by atoms with van der Waals surface area (Å²) in [7, 11) is 0. The van der Waals surface area contributed by atoms with Crippen LogP contribution in [0.15, 0.2) is 30.3 Å². The van der Waals surface area contributed by atoms with E-state index >= 15 is 0 Å². The molecule has 0 aromatic heterocycles. The van der Waals surface area contributed by atoms with Crippen molar-refractivity contribution in [3.63, 3.8) is 0 Å². The first-order valence-corrected chi connectivity index (χ1v) is 5.83. The molecular weight excluding hydrogens is 230 g/mol. The van der Waals surface area contributed by atoms with Crippen molar-refractivity contribution in [2.45, 2.75) is 12.7 Å². The van der Waals surface area contributed by atoms with Gasteiger partial charge in [-0.25, -0.2) is 4.79 Å². The van der Waals surface area contributed by atoms with E-state index in [4.69, 9.17) is 15.9 Å². The molecule has 94 valence electrons. The van der Waals surface area contributed by atoms with Gasteiger partial charge < -0.3 is 14.4 Å². The van der Waals surface area contributed by atoms with Gasteiger partial charge in [0, 0.05) is 6.54 Å². The highest BCUT2D eigenvalue weighted by molar-refractivity contribution is 5.67. The summed E-state index contributed by atoms with van der Waals surface area (Å²) in [5, 5.41) is 0. The van der Waals surface area contributed by atoms with Crippen molar-refractivity contribution in [3.05, 3.63) is 35.9 Å². The Kier molecular flexibility index (Phi) is 4.21. The topological polar surface area (TPSA) is 38.8 Å². The van der Waals surface area contributed by atoms with Crippen molar-refractivity contribution in [2.24, 2.45) is 0 Å². The molecule has 0 aliphatic carbocycles. The average molecular weight is 245 g/mol. The van der Waals surface area contributed by atoms with E-state index in [1.165, 1.54) is 0 Å². The molecule has 1 saturated heterocycles. The summed E-state index contributed by atoms with van der Waals surface area (Å²) in [5.41, 5.74) is 0.965. The van der Waals surface area contributed by atoms with Gasteiger partial charge in [0.1, 0.15) is 12.7 Å². The van der Waals surface area contributed by atoms with Crippen LogP contribution in [0.4, 0.5) is 4.79 Å². The minimum absolute atomic E-state index is 0.276. The lowest BCUT2D eigenvalue weighted by atomic mass is 10.2. The molecule has 18 heavy (non-hydrogen) atoms. The van der Waals surface area contributed by atoms with Gasteiger partial charge in [0.15, 0.2) is 0 Å². The van der Waals surface area contributed by atoms with E-state index in [2.05, 4.69) is 5.92 Å². The highest BCUT2D eigenvalue weighted by atomic mass is 16.6. The zero-order chi connectivity index (χ0) is 12.8. The maximum absolute atomic E-state index is 11.8. The number of ether oxygens (including phenoxy) is 2. The molecule has 1 aromatic carbocycles. The Hall–Kier alpha value is -1.99. The van der Waals surface area contributed by atoms with Crippen molar-refractivity contribution in [1.82, 2.24) is 4.90 Å². The van der Waals surface area contributed by atoms with Gasteiger partial charge in [0.2, 0.25) is 0 Å². The maximum atomic E-state index is 11.8. The zero-order valence-electron chi connectivity index (χ0n) is 10.0. The third-order valence-corrected chi connectivity index (χ3v) is 2.72. The molecule has 0 spiro atoms. The molecule has 0 bridgehead atoms. The van der Waals surface area contributed by atoms with Crippen LogP contribution >= 0.6 is 0 Å². The Morgan fingerprint density at radius 2 is 2.28 bits per heavy atom. The van der Waals surface area contributed by atoms with Gasteiger partial charge in [-0.05, 0) is 5.56 Å². The highest BCUT2D eigenvalue weighted by Gasteiger charge is 2.23. The molecular formula is C14H15NO3. The van der Waals surface area contributed by atoms with Gasteiger partial charge in [-0.3, -0.25) is 0 Å². The van der Waals surface area contributed by atoms with Gasteiger partial charge in [0.25, 0.3) is 0 Å². The molecule has 0 saturated carbocycles. The first-order chi connectivity index (χ1) is 8.79. The van der Waals surface area contributed by atoms with Crippen LogP contribution < -0.4 is 0 Å². The quantitative estimate of drug-likeness (QED) is 0.744. The van der Waals surface area contributed by atoms with Crippen LogP contribution in [0.5, 0.6) is 0 Å². The van der Waals surface area contributed by atoms with Crippen molar-refractivity contribution in [2.75, 3.05) is 19.7 Å².